The number of alkyl halides is 12. The summed E-state index contributed by atoms with van der Waals surface area (Å²) in [7, 11) is 0. The van der Waals surface area contributed by atoms with Crippen molar-refractivity contribution in [2.45, 2.75) is 74.8 Å². The Balaban J connectivity index is 3.13. The Morgan fingerprint density at radius 3 is 0.903 bits per heavy atom. The molecule has 0 N–H and O–H groups in total. The standard InChI is InChI=1S/C13H15F12O4PS/c1-6(2)7(3,4)27-30(26-6,31-5)28-8(10(14,15)16,11(17,18)19)9(29-30,12(20,21)22)13(23,24)25/h1-5H3. The zero-order valence-electron chi connectivity index (χ0n) is 16.0. The SMILES string of the molecule is CSP12(OC(C)(C)C(C)(C)O1)OC(C(F)(F)F)(C(F)(F)F)C(C(F)(F)F)(C(F)(F)F)O2. The van der Waals surface area contributed by atoms with E-state index in [1.165, 1.54) is 0 Å². The minimum absolute atomic E-state index is 0.495. The first kappa shape index (κ1) is 27.0. The van der Waals surface area contributed by atoms with Crippen molar-refractivity contribution in [1.82, 2.24) is 0 Å². The molecule has 0 aromatic carbocycles. The Hall–Kier alpha value is -0.220. The Kier molecular flexibility index (Phi) is 5.46. The fourth-order valence-electron chi connectivity index (χ4n) is 3.13. The molecule has 186 valence electrons. The summed E-state index contributed by atoms with van der Waals surface area (Å²) in [5.74, 6) is 0. The molecule has 0 aliphatic carbocycles. The van der Waals surface area contributed by atoms with E-state index in [0.717, 1.165) is 27.7 Å². The molecule has 0 radical (unpaired) electrons. The van der Waals surface area contributed by atoms with Gasteiger partial charge in [-0.05, 0) is 0 Å². The van der Waals surface area contributed by atoms with Gasteiger partial charge in [-0.3, -0.25) is 0 Å². The van der Waals surface area contributed by atoms with Gasteiger partial charge in [-0.2, -0.15) is 0 Å². The van der Waals surface area contributed by atoms with Gasteiger partial charge in [-0.25, -0.2) is 0 Å². The van der Waals surface area contributed by atoms with Gasteiger partial charge in [0.2, 0.25) is 0 Å². The summed E-state index contributed by atoms with van der Waals surface area (Å²) in [5.41, 5.74) is -18.0. The Morgan fingerprint density at radius 1 is 0.516 bits per heavy atom. The Morgan fingerprint density at radius 2 is 0.742 bits per heavy atom. The van der Waals surface area contributed by atoms with Crippen molar-refractivity contribution in [3.05, 3.63) is 0 Å². The molecule has 0 saturated carbocycles. The monoisotopic (exact) mass is 526 g/mol. The number of hydrogen-bond acceptors (Lipinski definition) is 5. The van der Waals surface area contributed by atoms with Gasteiger partial charge >= 0.3 is 170 Å². The molecule has 1 spiro atoms. The van der Waals surface area contributed by atoms with Crippen LogP contribution >= 0.6 is 18.1 Å². The maximum absolute atomic E-state index is 13.8. The molecule has 2 rings (SSSR count). The summed E-state index contributed by atoms with van der Waals surface area (Å²) in [4.78, 5) is 0. The van der Waals surface area contributed by atoms with E-state index in [1.54, 1.807) is 0 Å². The van der Waals surface area contributed by atoms with E-state index in [0.29, 0.717) is 6.26 Å². The molecule has 0 aromatic heterocycles. The van der Waals surface area contributed by atoms with Gasteiger partial charge in [0, 0.05) is 0 Å². The van der Waals surface area contributed by atoms with Crippen LogP contribution in [-0.4, -0.2) is 53.4 Å². The summed E-state index contributed by atoms with van der Waals surface area (Å²) in [6.07, 6.45) is -28.8. The van der Waals surface area contributed by atoms with E-state index in [9.17, 15) is 52.7 Å². The summed E-state index contributed by atoms with van der Waals surface area (Å²) in [5, 5.41) is 0. The molecule has 0 amide bonds. The predicted molar refractivity (Wildman–Crippen MR) is 82.6 cm³/mol. The van der Waals surface area contributed by atoms with Crippen LogP contribution in [0.25, 0.3) is 0 Å². The van der Waals surface area contributed by atoms with E-state index in [1.807, 2.05) is 0 Å². The third-order valence-corrected chi connectivity index (χ3v) is 11.1. The minimum atomic E-state index is -7.34. The third-order valence-electron chi connectivity index (χ3n) is 5.17. The molecule has 2 aliphatic heterocycles. The van der Waals surface area contributed by atoms with Crippen molar-refractivity contribution in [2.24, 2.45) is 0 Å². The molecule has 0 unspecified atom stereocenters. The second kappa shape index (κ2) is 6.26. The van der Waals surface area contributed by atoms with Crippen LogP contribution in [0.15, 0.2) is 0 Å². The van der Waals surface area contributed by atoms with Gasteiger partial charge < -0.3 is 0 Å². The van der Waals surface area contributed by atoms with Gasteiger partial charge in [0.05, 0.1) is 0 Å². The van der Waals surface area contributed by atoms with Crippen molar-refractivity contribution < 1.29 is 70.8 Å². The molecular formula is C13H15F12O4PS. The van der Waals surface area contributed by atoms with Crippen LogP contribution in [0, 0.1) is 0 Å². The second-order valence-electron chi connectivity index (χ2n) is 7.67. The van der Waals surface area contributed by atoms with Crippen molar-refractivity contribution >= 4 is 18.1 Å². The van der Waals surface area contributed by atoms with Crippen LogP contribution in [0.2, 0.25) is 0 Å². The van der Waals surface area contributed by atoms with Crippen molar-refractivity contribution in [3.63, 3.8) is 0 Å². The van der Waals surface area contributed by atoms with Crippen LogP contribution in [0.4, 0.5) is 52.7 Å². The molecule has 4 nitrogen and oxygen atoms in total. The third kappa shape index (κ3) is 3.12. The van der Waals surface area contributed by atoms with Crippen LogP contribution in [0.3, 0.4) is 0 Å². The van der Waals surface area contributed by atoms with Gasteiger partial charge in [-0.1, -0.05) is 0 Å². The Bertz CT molecular complexity index is 666. The van der Waals surface area contributed by atoms with Gasteiger partial charge in [0.25, 0.3) is 0 Å². The molecule has 18 heteroatoms. The first-order valence-electron chi connectivity index (χ1n) is 7.91. The fourth-order valence-corrected chi connectivity index (χ4v) is 9.83. The quantitative estimate of drug-likeness (QED) is 0.276. The molecule has 2 saturated heterocycles. The van der Waals surface area contributed by atoms with Gasteiger partial charge in [0.1, 0.15) is 0 Å². The maximum atomic E-state index is 13.8. The summed E-state index contributed by atoms with van der Waals surface area (Å²) in [6, 6.07) is 0. The fraction of sp³-hybridized carbons (Fsp3) is 1.00. The molecule has 0 bridgehead atoms. The van der Waals surface area contributed by atoms with Crippen LogP contribution < -0.4 is 0 Å². The van der Waals surface area contributed by atoms with Gasteiger partial charge in [-0.15, -0.1) is 0 Å². The van der Waals surface area contributed by atoms with Crippen molar-refractivity contribution in [2.75, 3.05) is 6.26 Å². The zero-order valence-corrected chi connectivity index (χ0v) is 17.7. The average Bonchev–Trinajstić information content (AvgIpc) is 2.83. The summed E-state index contributed by atoms with van der Waals surface area (Å²) in [6.45, 7) is -3.11. The van der Waals surface area contributed by atoms with E-state index < -0.39 is 65.2 Å². The van der Waals surface area contributed by atoms with Crippen LogP contribution in [0.5, 0.6) is 0 Å². The second-order valence-corrected chi connectivity index (χ2v) is 13.1. The molecule has 2 heterocycles. The molecule has 0 aromatic rings. The van der Waals surface area contributed by atoms with Gasteiger partial charge in [0.15, 0.2) is 0 Å². The summed E-state index contributed by atoms with van der Waals surface area (Å²) < 4.78 is 183. The molecule has 0 atom stereocenters. The van der Waals surface area contributed by atoms with E-state index in [4.69, 9.17) is 9.05 Å². The van der Waals surface area contributed by atoms with Crippen molar-refractivity contribution in [1.29, 1.82) is 0 Å². The topological polar surface area (TPSA) is 36.9 Å². The van der Waals surface area contributed by atoms with Crippen LogP contribution in [0.1, 0.15) is 27.7 Å². The number of hydrogen-bond donors (Lipinski definition) is 0. The normalized spacial score (nSPS) is 30.2. The van der Waals surface area contributed by atoms with Crippen molar-refractivity contribution in [3.8, 4) is 0 Å². The average molecular weight is 526 g/mol. The molecule has 31 heavy (non-hydrogen) atoms. The first-order chi connectivity index (χ1) is 13.2. The van der Waals surface area contributed by atoms with E-state index in [-0.39, 0.29) is 0 Å². The van der Waals surface area contributed by atoms with E-state index >= 15 is 0 Å². The Labute approximate surface area is 170 Å². The molecular weight excluding hydrogens is 511 g/mol. The molecule has 2 aliphatic rings. The summed E-state index contributed by atoms with van der Waals surface area (Å²) >= 11 is -0.495. The van der Waals surface area contributed by atoms with Crippen LogP contribution in [-0.2, 0) is 18.1 Å². The van der Waals surface area contributed by atoms with E-state index in [2.05, 4.69) is 9.05 Å². The first-order valence-corrected chi connectivity index (χ1v) is 11.6. The predicted octanol–water partition coefficient (Wildman–Crippen LogP) is 6.86. The number of halogens is 12. The number of rotatable bonds is 1. The zero-order chi connectivity index (χ0) is 25.0. The molecule has 2 fully saturated rings.